The lowest BCUT2D eigenvalue weighted by atomic mass is 9.74. The molecule has 0 aromatic heterocycles. The Morgan fingerprint density at radius 3 is 2.10 bits per heavy atom. The number of unbranched alkanes of at least 4 members (excludes halogenated alkanes) is 1. The van der Waals surface area contributed by atoms with Gasteiger partial charge in [-0.2, -0.15) is 5.26 Å². The van der Waals surface area contributed by atoms with Gasteiger partial charge < -0.3 is 0 Å². The van der Waals surface area contributed by atoms with Crippen molar-refractivity contribution in [3.05, 3.63) is 59.7 Å². The van der Waals surface area contributed by atoms with E-state index in [1.165, 1.54) is 89.0 Å². The third kappa shape index (κ3) is 7.46. The minimum Gasteiger partial charge on any atom is -0.193 e. The second-order valence-corrected chi connectivity index (χ2v) is 9.79. The molecule has 0 bridgehead atoms. The first-order valence-electron chi connectivity index (χ1n) is 12.6. The van der Waals surface area contributed by atoms with Crippen molar-refractivity contribution < 1.29 is 0 Å². The summed E-state index contributed by atoms with van der Waals surface area (Å²) in [5.74, 6) is 3.46. The summed E-state index contributed by atoms with van der Waals surface area (Å²) in [6.07, 6.45) is 25.7. The van der Waals surface area contributed by atoms with Crippen molar-refractivity contribution in [3.63, 3.8) is 0 Å². The lowest BCUT2D eigenvalue weighted by molar-refractivity contribution is 0.246. The Bertz CT molecular complexity index is 689. The highest BCUT2D eigenvalue weighted by Crippen LogP contribution is 2.40. The monoisotopic (exact) mass is 403 g/mol. The summed E-state index contributed by atoms with van der Waals surface area (Å²) < 4.78 is 0. The summed E-state index contributed by atoms with van der Waals surface area (Å²) >= 11 is 0. The van der Waals surface area contributed by atoms with Gasteiger partial charge in [0.2, 0.25) is 0 Å². The highest BCUT2D eigenvalue weighted by molar-refractivity contribution is 5.26. The van der Waals surface area contributed by atoms with Gasteiger partial charge in [0.25, 0.3) is 0 Å². The van der Waals surface area contributed by atoms with Gasteiger partial charge in [-0.15, -0.1) is 0 Å². The third-order valence-corrected chi connectivity index (χ3v) is 7.66. The van der Waals surface area contributed by atoms with Gasteiger partial charge in [0.1, 0.15) is 0 Å². The summed E-state index contributed by atoms with van der Waals surface area (Å²) in [6.45, 7) is 2.27. The Kier molecular flexibility index (Phi) is 9.75. The fourth-order valence-corrected chi connectivity index (χ4v) is 5.58. The number of hydrogen-bond donors (Lipinski definition) is 0. The average molecular weight is 404 g/mol. The van der Waals surface area contributed by atoms with Gasteiger partial charge in [-0.05, 0) is 99.0 Å². The van der Waals surface area contributed by atoms with E-state index in [1.54, 1.807) is 11.6 Å². The van der Waals surface area contributed by atoms with Crippen molar-refractivity contribution in [2.75, 3.05) is 0 Å². The molecular formula is C29H41N. The van der Waals surface area contributed by atoms with Crippen LogP contribution in [0, 0.1) is 29.1 Å². The molecule has 0 N–H and O–H groups in total. The molecule has 1 aromatic rings. The molecule has 30 heavy (non-hydrogen) atoms. The van der Waals surface area contributed by atoms with E-state index in [0.717, 1.165) is 23.7 Å². The Hall–Kier alpha value is -1.81. The van der Waals surface area contributed by atoms with Crippen LogP contribution in [0.4, 0.5) is 0 Å². The first-order chi connectivity index (χ1) is 14.8. The summed E-state index contributed by atoms with van der Waals surface area (Å²) in [5.41, 5.74) is 3.10. The molecule has 2 aliphatic rings. The van der Waals surface area contributed by atoms with E-state index < -0.39 is 0 Å². The van der Waals surface area contributed by atoms with Crippen LogP contribution in [0.1, 0.15) is 101 Å². The molecule has 0 saturated heterocycles. The SMILES string of the molecule is CCCCc1ccc([C@H]2CC[C@H](CC[C@H]3CC[C@H](C=CC=CC#N)CC3)CC2)cc1. The minimum absolute atomic E-state index is 0.730. The van der Waals surface area contributed by atoms with Crippen LogP contribution < -0.4 is 0 Å². The van der Waals surface area contributed by atoms with Crippen molar-refractivity contribution in [3.8, 4) is 6.07 Å². The largest absolute Gasteiger partial charge is 0.193 e. The van der Waals surface area contributed by atoms with E-state index in [2.05, 4.69) is 43.3 Å². The van der Waals surface area contributed by atoms with E-state index >= 15 is 0 Å². The smallest absolute Gasteiger partial charge is 0.0912 e. The Morgan fingerprint density at radius 1 is 0.867 bits per heavy atom. The third-order valence-electron chi connectivity index (χ3n) is 7.66. The quantitative estimate of drug-likeness (QED) is 0.299. The molecule has 0 spiro atoms. The molecule has 0 heterocycles. The Labute approximate surface area is 185 Å². The lowest BCUT2D eigenvalue weighted by Crippen LogP contribution is -2.17. The van der Waals surface area contributed by atoms with Gasteiger partial charge in [-0.1, -0.05) is 68.7 Å². The fourth-order valence-electron chi connectivity index (χ4n) is 5.58. The molecule has 1 aromatic carbocycles. The lowest BCUT2D eigenvalue weighted by Gasteiger charge is -2.31. The second kappa shape index (κ2) is 12.8. The van der Waals surface area contributed by atoms with Gasteiger partial charge in [-0.25, -0.2) is 0 Å². The van der Waals surface area contributed by atoms with E-state index in [0.29, 0.717) is 0 Å². The number of aryl methyl sites for hydroxylation is 1. The van der Waals surface area contributed by atoms with Gasteiger partial charge in [0.05, 0.1) is 6.07 Å². The van der Waals surface area contributed by atoms with Crippen LogP contribution in [-0.4, -0.2) is 0 Å². The average Bonchev–Trinajstić information content (AvgIpc) is 2.81. The van der Waals surface area contributed by atoms with Crippen LogP contribution in [0.2, 0.25) is 0 Å². The molecule has 2 saturated carbocycles. The topological polar surface area (TPSA) is 23.8 Å². The van der Waals surface area contributed by atoms with Crippen LogP contribution in [0.3, 0.4) is 0 Å². The molecule has 2 aliphatic carbocycles. The Morgan fingerprint density at radius 2 is 1.50 bits per heavy atom. The van der Waals surface area contributed by atoms with Crippen LogP contribution >= 0.6 is 0 Å². The van der Waals surface area contributed by atoms with E-state index in [4.69, 9.17) is 5.26 Å². The number of hydrogen-bond acceptors (Lipinski definition) is 1. The predicted octanol–water partition coefficient (Wildman–Crippen LogP) is 8.53. The first-order valence-corrected chi connectivity index (χ1v) is 12.6. The standard InChI is InChI=1S/C29H41N/c1-2-3-7-24-15-19-28(20-16-24)29-21-17-27(18-22-29)14-13-26-11-9-25(10-12-26)8-5-4-6-23-30/h4-6,8,15-16,19-20,25-27,29H,2-3,7,9-14,17-18,21-22H2,1H3/t25-,26-,27-,29-. The fraction of sp³-hybridized carbons (Fsp3) is 0.621. The summed E-state index contributed by atoms with van der Waals surface area (Å²) in [5, 5.41) is 8.54. The van der Waals surface area contributed by atoms with Crippen LogP contribution in [0.25, 0.3) is 0 Å². The van der Waals surface area contributed by atoms with E-state index in [-0.39, 0.29) is 0 Å². The second-order valence-electron chi connectivity index (χ2n) is 9.79. The maximum absolute atomic E-state index is 8.54. The molecule has 0 amide bonds. The van der Waals surface area contributed by atoms with Gasteiger partial charge >= 0.3 is 0 Å². The van der Waals surface area contributed by atoms with E-state index in [9.17, 15) is 0 Å². The summed E-state index contributed by atoms with van der Waals surface area (Å²) in [7, 11) is 0. The van der Waals surface area contributed by atoms with Crippen LogP contribution in [-0.2, 0) is 6.42 Å². The predicted molar refractivity (Wildman–Crippen MR) is 128 cm³/mol. The normalized spacial score (nSPS) is 27.5. The zero-order valence-corrected chi connectivity index (χ0v) is 19.1. The highest BCUT2D eigenvalue weighted by Gasteiger charge is 2.24. The zero-order chi connectivity index (χ0) is 21.0. The zero-order valence-electron chi connectivity index (χ0n) is 19.1. The van der Waals surface area contributed by atoms with Gasteiger partial charge in [0, 0.05) is 6.08 Å². The molecule has 162 valence electrons. The molecule has 0 radical (unpaired) electrons. The van der Waals surface area contributed by atoms with Gasteiger partial charge in [-0.3, -0.25) is 0 Å². The molecule has 0 aliphatic heterocycles. The summed E-state index contributed by atoms with van der Waals surface area (Å²) in [4.78, 5) is 0. The first kappa shape index (κ1) is 22.9. The van der Waals surface area contributed by atoms with Crippen LogP contribution in [0.15, 0.2) is 48.6 Å². The molecule has 2 fully saturated rings. The van der Waals surface area contributed by atoms with Crippen molar-refractivity contribution >= 4 is 0 Å². The molecule has 0 unspecified atom stereocenters. The minimum atomic E-state index is 0.730. The van der Waals surface area contributed by atoms with Crippen LogP contribution in [0.5, 0.6) is 0 Å². The summed E-state index contributed by atoms with van der Waals surface area (Å²) in [6, 6.07) is 11.6. The maximum Gasteiger partial charge on any atom is 0.0912 e. The number of rotatable bonds is 9. The van der Waals surface area contributed by atoms with Crippen molar-refractivity contribution in [2.45, 2.75) is 96.3 Å². The number of allylic oxidation sites excluding steroid dienone is 4. The number of nitriles is 1. The highest BCUT2D eigenvalue weighted by atomic mass is 14.3. The molecular weight excluding hydrogens is 362 g/mol. The van der Waals surface area contributed by atoms with Crippen molar-refractivity contribution in [1.29, 1.82) is 5.26 Å². The molecule has 3 rings (SSSR count). The van der Waals surface area contributed by atoms with Crippen molar-refractivity contribution in [2.24, 2.45) is 17.8 Å². The maximum atomic E-state index is 8.54. The Balaban J connectivity index is 1.32. The molecule has 1 heteroatoms. The molecule has 1 nitrogen and oxygen atoms in total. The van der Waals surface area contributed by atoms with E-state index in [1.807, 2.05) is 12.1 Å². The molecule has 0 atom stereocenters. The number of benzene rings is 1. The van der Waals surface area contributed by atoms with Gasteiger partial charge in [0.15, 0.2) is 0 Å². The number of nitrogens with zero attached hydrogens (tertiary/aromatic N) is 1. The van der Waals surface area contributed by atoms with Crippen molar-refractivity contribution in [1.82, 2.24) is 0 Å².